The number of thiophene rings is 1. The molecule has 6 heteroatoms. The third-order valence-corrected chi connectivity index (χ3v) is 3.75. The van der Waals surface area contributed by atoms with Crippen LogP contribution in [0.5, 0.6) is 5.75 Å². The SMILES string of the molecule is COc1ccccc1NC(=O)c1cc(-c2cccs2)on1. The highest BCUT2D eigenvalue weighted by Crippen LogP contribution is 2.26. The number of hydrogen-bond acceptors (Lipinski definition) is 5. The lowest BCUT2D eigenvalue weighted by atomic mass is 10.2. The second kappa shape index (κ2) is 5.80. The molecular formula is C15H12N2O3S. The van der Waals surface area contributed by atoms with E-state index in [4.69, 9.17) is 9.26 Å². The molecule has 0 bridgehead atoms. The van der Waals surface area contributed by atoms with E-state index in [-0.39, 0.29) is 11.6 Å². The maximum atomic E-state index is 12.2. The molecule has 1 N–H and O–H groups in total. The largest absolute Gasteiger partial charge is 0.495 e. The number of anilines is 1. The van der Waals surface area contributed by atoms with E-state index in [0.29, 0.717) is 17.2 Å². The monoisotopic (exact) mass is 300 g/mol. The van der Waals surface area contributed by atoms with Gasteiger partial charge in [-0.1, -0.05) is 23.4 Å². The van der Waals surface area contributed by atoms with E-state index in [1.54, 1.807) is 25.3 Å². The number of amides is 1. The van der Waals surface area contributed by atoms with Crippen LogP contribution >= 0.6 is 11.3 Å². The van der Waals surface area contributed by atoms with Gasteiger partial charge >= 0.3 is 0 Å². The second-order valence-electron chi connectivity index (χ2n) is 4.21. The lowest BCUT2D eigenvalue weighted by Crippen LogP contribution is -2.12. The van der Waals surface area contributed by atoms with Crippen LogP contribution in [0.25, 0.3) is 10.6 Å². The summed E-state index contributed by atoms with van der Waals surface area (Å²) in [4.78, 5) is 13.1. The molecule has 0 aliphatic rings. The first-order chi connectivity index (χ1) is 10.3. The molecule has 3 aromatic rings. The zero-order chi connectivity index (χ0) is 14.7. The van der Waals surface area contributed by atoms with Crippen LogP contribution in [0.1, 0.15) is 10.5 Å². The number of aromatic nitrogens is 1. The molecule has 0 spiro atoms. The van der Waals surface area contributed by atoms with Crippen LogP contribution < -0.4 is 10.1 Å². The standard InChI is InChI=1S/C15H12N2O3S/c1-19-12-6-3-2-5-10(12)16-15(18)11-9-13(20-17-11)14-7-4-8-21-14/h2-9H,1H3,(H,16,18). The highest BCUT2D eigenvalue weighted by molar-refractivity contribution is 7.13. The predicted molar refractivity (Wildman–Crippen MR) is 80.8 cm³/mol. The van der Waals surface area contributed by atoms with Crippen molar-refractivity contribution >= 4 is 22.9 Å². The Labute approximate surface area is 125 Å². The van der Waals surface area contributed by atoms with Crippen molar-refractivity contribution in [3.63, 3.8) is 0 Å². The van der Waals surface area contributed by atoms with Crippen LogP contribution in [0, 0.1) is 0 Å². The normalized spacial score (nSPS) is 10.3. The van der Waals surface area contributed by atoms with Crippen LogP contribution in [0.3, 0.4) is 0 Å². The van der Waals surface area contributed by atoms with Gasteiger partial charge in [-0.3, -0.25) is 4.79 Å². The average molecular weight is 300 g/mol. The summed E-state index contributed by atoms with van der Waals surface area (Å²) in [6.07, 6.45) is 0. The molecule has 0 saturated heterocycles. The molecule has 0 fully saturated rings. The quantitative estimate of drug-likeness (QED) is 0.798. The fraction of sp³-hybridized carbons (Fsp3) is 0.0667. The van der Waals surface area contributed by atoms with E-state index < -0.39 is 0 Å². The summed E-state index contributed by atoms with van der Waals surface area (Å²) >= 11 is 1.53. The minimum atomic E-state index is -0.342. The van der Waals surface area contributed by atoms with Gasteiger partial charge in [-0.15, -0.1) is 11.3 Å². The van der Waals surface area contributed by atoms with Gasteiger partial charge in [0.05, 0.1) is 17.7 Å². The van der Waals surface area contributed by atoms with Crippen molar-refractivity contribution in [3.05, 3.63) is 53.5 Å². The molecule has 2 heterocycles. The van der Waals surface area contributed by atoms with E-state index >= 15 is 0 Å². The van der Waals surface area contributed by atoms with Gasteiger partial charge in [0, 0.05) is 6.07 Å². The van der Waals surface area contributed by atoms with Gasteiger partial charge in [0.15, 0.2) is 11.5 Å². The molecule has 0 unspecified atom stereocenters. The first-order valence-corrected chi connectivity index (χ1v) is 7.11. The highest BCUT2D eigenvalue weighted by Gasteiger charge is 2.15. The first kappa shape index (κ1) is 13.4. The van der Waals surface area contributed by atoms with Crippen molar-refractivity contribution in [2.75, 3.05) is 12.4 Å². The van der Waals surface area contributed by atoms with Crippen molar-refractivity contribution < 1.29 is 14.1 Å². The Bertz CT molecular complexity index is 750. The average Bonchev–Trinajstić information content (AvgIpc) is 3.18. The number of hydrogen-bond donors (Lipinski definition) is 1. The van der Waals surface area contributed by atoms with Gasteiger partial charge < -0.3 is 14.6 Å². The zero-order valence-corrected chi connectivity index (χ0v) is 12.0. The number of rotatable bonds is 4. The summed E-state index contributed by atoms with van der Waals surface area (Å²) in [6.45, 7) is 0. The third kappa shape index (κ3) is 2.80. The van der Waals surface area contributed by atoms with E-state index in [1.165, 1.54) is 11.3 Å². The highest BCUT2D eigenvalue weighted by atomic mass is 32.1. The van der Waals surface area contributed by atoms with Gasteiger partial charge in [-0.25, -0.2) is 0 Å². The summed E-state index contributed by atoms with van der Waals surface area (Å²) in [5, 5.41) is 8.49. The predicted octanol–water partition coefficient (Wildman–Crippen LogP) is 3.66. The second-order valence-corrected chi connectivity index (χ2v) is 5.16. The summed E-state index contributed by atoms with van der Waals surface area (Å²) in [5.41, 5.74) is 0.815. The summed E-state index contributed by atoms with van der Waals surface area (Å²) in [5.74, 6) is 0.828. The number of para-hydroxylation sites is 2. The molecule has 2 aromatic heterocycles. The number of nitrogens with one attached hydrogen (secondary N) is 1. The molecule has 0 aliphatic carbocycles. The number of carbonyl (C=O) groups excluding carboxylic acids is 1. The van der Waals surface area contributed by atoms with Crippen LogP contribution in [-0.2, 0) is 0 Å². The smallest absolute Gasteiger partial charge is 0.277 e. The van der Waals surface area contributed by atoms with Gasteiger partial charge in [-0.05, 0) is 23.6 Å². The summed E-state index contributed by atoms with van der Waals surface area (Å²) < 4.78 is 10.4. The minimum absolute atomic E-state index is 0.226. The van der Waals surface area contributed by atoms with Crippen LogP contribution in [0.2, 0.25) is 0 Å². The number of methoxy groups -OCH3 is 1. The molecule has 0 atom stereocenters. The summed E-state index contributed by atoms with van der Waals surface area (Å²) in [7, 11) is 1.55. The van der Waals surface area contributed by atoms with Gasteiger partial charge in [0.2, 0.25) is 0 Å². The fourth-order valence-electron chi connectivity index (χ4n) is 1.85. The van der Waals surface area contributed by atoms with Crippen LogP contribution in [-0.4, -0.2) is 18.2 Å². The Kier molecular flexibility index (Phi) is 3.70. The van der Waals surface area contributed by atoms with E-state index in [1.807, 2.05) is 29.6 Å². The van der Waals surface area contributed by atoms with Crippen LogP contribution in [0.15, 0.2) is 52.4 Å². The Morgan fingerprint density at radius 1 is 1.29 bits per heavy atom. The molecule has 3 rings (SSSR count). The van der Waals surface area contributed by atoms with Crippen molar-refractivity contribution in [2.24, 2.45) is 0 Å². The van der Waals surface area contributed by atoms with E-state index in [2.05, 4.69) is 10.5 Å². The topological polar surface area (TPSA) is 64.4 Å². The summed E-state index contributed by atoms with van der Waals surface area (Å²) in [6, 6.07) is 12.6. The number of benzene rings is 1. The molecule has 0 aliphatic heterocycles. The third-order valence-electron chi connectivity index (χ3n) is 2.86. The Hall–Kier alpha value is -2.60. The minimum Gasteiger partial charge on any atom is -0.495 e. The molecular weight excluding hydrogens is 288 g/mol. The van der Waals surface area contributed by atoms with Crippen molar-refractivity contribution in [1.29, 1.82) is 0 Å². The van der Waals surface area contributed by atoms with E-state index in [0.717, 1.165) is 4.88 Å². The Morgan fingerprint density at radius 3 is 2.90 bits per heavy atom. The van der Waals surface area contributed by atoms with Crippen molar-refractivity contribution in [2.45, 2.75) is 0 Å². The lowest BCUT2D eigenvalue weighted by Gasteiger charge is -2.07. The fourth-order valence-corrected chi connectivity index (χ4v) is 2.52. The maximum Gasteiger partial charge on any atom is 0.277 e. The number of carbonyl (C=O) groups is 1. The Balaban J connectivity index is 1.80. The molecule has 5 nitrogen and oxygen atoms in total. The molecule has 1 amide bonds. The number of ether oxygens (including phenoxy) is 1. The molecule has 106 valence electrons. The zero-order valence-electron chi connectivity index (χ0n) is 11.2. The lowest BCUT2D eigenvalue weighted by molar-refractivity contribution is 0.101. The molecule has 0 saturated carbocycles. The Morgan fingerprint density at radius 2 is 2.14 bits per heavy atom. The maximum absolute atomic E-state index is 12.2. The molecule has 0 radical (unpaired) electrons. The van der Waals surface area contributed by atoms with Crippen molar-refractivity contribution in [3.8, 4) is 16.4 Å². The van der Waals surface area contributed by atoms with Crippen molar-refractivity contribution in [1.82, 2.24) is 5.16 Å². The van der Waals surface area contributed by atoms with Gasteiger partial charge in [-0.2, -0.15) is 0 Å². The van der Waals surface area contributed by atoms with Gasteiger partial charge in [0.1, 0.15) is 5.75 Å². The van der Waals surface area contributed by atoms with E-state index in [9.17, 15) is 4.79 Å². The molecule has 21 heavy (non-hydrogen) atoms. The first-order valence-electron chi connectivity index (χ1n) is 6.23. The molecule has 1 aromatic carbocycles. The number of nitrogens with zero attached hydrogens (tertiary/aromatic N) is 1. The van der Waals surface area contributed by atoms with Crippen LogP contribution in [0.4, 0.5) is 5.69 Å². The van der Waals surface area contributed by atoms with Gasteiger partial charge in [0.25, 0.3) is 5.91 Å².